The van der Waals surface area contributed by atoms with E-state index >= 15 is 0 Å². The predicted octanol–water partition coefficient (Wildman–Crippen LogP) is 1.71. The zero-order chi connectivity index (χ0) is 12.9. The molecule has 1 N–H and O–H groups in total. The Labute approximate surface area is 105 Å². The maximum Gasteiger partial charge on any atom is 0.243 e. The average Bonchev–Trinajstić information content (AvgIpc) is 2.28. The molecule has 7 heteroatoms. The number of halogens is 1. The van der Waals surface area contributed by atoms with Crippen LogP contribution in [0.5, 0.6) is 0 Å². The van der Waals surface area contributed by atoms with Crippen molar-refractivity contribution in [1.29, 1.82) is 5.26 Å². The Hall–Kier alpha value is -1.16. The first-order valence-corrected chi connectivity index (χ1v) is 6.86. The fraction of sp³-hybridized carbons (Fsp3) is 0.400. The highest BCUT2D eigenvalue weighted by molar-refractivity contribution is 7.89. The lowest BCUT2D eigenvalue weighted by atomic mass is 10.2. The van der Waals surface area contributed by atoms with Crippen molar-refractivity contribution in [2.24, 2.45) is 0 Å². The van der Waals surface area contributed by atoms with Crippen LogP contribution in [0.3, 0.4) is 0 Å². The number of nitriles is 1. The fourth-order valence-corrected chi connectivity index (χ4v) is 2.97. The Morgan fingerprint density at radius 2 is 2.35 bits per heavy atom. The summed E-state index contributed by atoms with van der Waals surface area (Å²) >= 11 is 5.79. The van der Waals surface area contributed by atoms with Gasteiger partial charge in [-0.15, -0.1) is 0 Å². The van der Waals surface area contributed by atoms with Crippen molar-refractivity contribution in [3.05, 3.63) is 23.5 Å². The van der Waals surface area contributed by atoms with Gasteiger partial charge in [0.05, 0.1) is 17.5 Å². The number of nitrogens with zero attached hydrogens (tertiary/aromatic N) is 2. The molecule has 1 heterocycles. The van der Waals surface area contributed by atoms with Gasteiger partial charge in [0.2, 0.25) is 10.0 Å². The summed E-state index contributed by atoms with van der Waals surface area (Å²) in [6.07, 6.45) is 3.25. The third-order valence-electron chi connectivity index (χ3n) is 2.18. The summed E-state index contributed by atoms with van der Waals surface area (Å²) in [5.74, 6) is 0. The summed E-state index contributed by atoms with van der Waals surface area (Å²) in [5.41, 5.74) is 0. The average molecular weight is 274 g/mol. The molecular weight excluding hydrogens is 262 g/mol. The first-order chi connectivity index (χ1) is 8.01. The van der Waals surface area contributed by atoms with Crippen molar-refractivity contribution in [1.82, 2.24) is 9.71 Å². The maximum atomic E-state index is 12.0. The van der Waals surface area contributed by atoms with Gasteiger partial charge < -0.3 is 0 Å². The second-order valence-electron chi connectivity index (χ2n) is 3.39. The van der Waals surface area contributed by atoms with Crippen molar-refractivity contribution in [3.8, 4) is 6.07 Å². The van der Waals surface area contributed by atoms with E-state index in [-0.39, 0.29) is 16.3 Å². The van der Waals surface area contributed by atoms with Crippen molar-refractivity contribution in [3.63, 3.8) is 0 Å². The van der Waals surface area contributed by atoms with E-state index in [0.717, 1.165) is 0 Å². The van der Waals surface area contributed by atoms with E-state index in [0.29, 0.717) is 6.42 Å². The predicted molar refractivity (Wildman–Crippen MR) is 63.9 cm³/mol. The number of rotatable bonds is 5. The molecule has 1 aromatic heterocycles. The molecular formula is C10H12ClN3O2S. The Kier molecular flexibility index (Phi) is 4.87. The Morgan fingerprint density at radius 1 is 1.65 bits per heavy atom. The molecule has 0 amide bonds. The highest BCUT2D eigenvalue weighted by Gasteiger charge is 2.21. The first-order valence-electron chi connectivity index (χ1n) is 5.00. The Balaban J connectivity index is 2.97. The van der Waals surface area contributed by atoms with Crippen LogP contribution in [-0.4, -0.2) is 19.4 Å². The third kappa shape index (κ3) is 3.66. The van der Waals surface area contributed by atoms with E-state index < -0.39 is 16.1 Å². The summed E-state index contributed by atoms with van der Waals surface area (Å²) in [4.78, 5) is 3.65. The van der Waals surface area contributed by atoms with Crippen molar-refractivity contribution in [2.75, 3.05) is 0 Å². The monoisotopic (exact) mass is 273 g/mol. The van der Waals surface area contributed by atoms with Crippen LogP contribution >= 0.6 is 11.6 Å². The van der Waals surface area contributed by atoms with Gasteiger partial charge in [-0.25, -0.2) is 13.1 Å². The molecule has 1 aromatic rings. The zero-order valence-corrected chi connectivity index (χ0v) is 10.8. The minimum atomic E-state index is -3.72. The van der Waals surface area contributed by atoms with Gasteiger partial charge >= 0.3 is 0 Å². The van der Waals surface area contributed by atoms with Crippen molar-refractivity contribution in [2.45, 2.75) is 30.7 Å². The molecule has 0 saturated carbocycles. The lowest BCUT2D eigenvalue weighted by Gasteiger charge is -2.14. The molecule has 0 radical (unpaired) electrons. The van der Waals surface area contributed by atoms with Gasteiger partial charge in [-0.2, -0.15) is 5.26 Å². The lowest BCUT2D eigenvalue weighted by molar-refractivity contribution is 0.543. The topological polar surface area (TPSA) is 82.9 Å². The highest BCUT2D eigenvalue weighted by atomic mass is 35.5. The summed E-state index contributed by atoms with van der Waals surface area (Å²) in [6, 6.07) is 2.92. The lowest BCUT2D eigenvalue weighted by Crippen LogP contribution is -2.34. The van der Waals surface area contributed by atoms with Gasteiger partial charge in [0.15, 0.2) is 0 Å². The van der Waals surface area contributed by atoms with Crippen molar-refractivity contribution >= 4 is 21.6 Å². The molecule has 0 saturated heterocycles. The van der Waals surface area contributed by atoms with Crippen LogP contribution in [0.2, 0.25) is 5.02 Å². The number of sulfonamides is 1. The summed E-state index contributed by atoms with van der Waals surface area (Å²) in [7, 11) is -3.72. The van der Waals surface area contributed by atoms with Gasteiger partial charge in [-0.1, -0.05) is 18.5 Å². The molecule has 92 valence electrons. The maximum absolute atomic E-state index is 12.0. The van der Waals surface area contributed by atoms with E-state index in [1.54, 1.807) is 6.92 Å². The number of aromatic nitrogens is 1. The SMILES string of the molecule is CCC(CC#N)NS(=O)(=O)c1cnccc1Cl. The number of pyridine rings is 1. The van der Waals surface area contributed by atoms with Crippen LogP contribution in [0.15, 0.2) is 23.4 Å². The van der Waals surface area contributed by atoms with Gasteiger partial charge in [0.1, 0.15) is 4.90 Å². The van der Waals surface area contributed by atoms with E-state index in [4.69, 9.17) is 16.9 Å². The van der Waals surface area contributed by atoms with E-state index in [2.05, 4.69) is 9.71 Å². The smallest absolute Gasteiger partial charge is 0.243 e. The van der Waals surface area contributed by atoms with Crippen LogP contribution in [0.1, 0.15) is 19.8 Å². The molecule has 5 nitrogen and oxygen atoms in total. The zero-order valence-electron chi connectivity index (χ0n) is 9.22. The number of hydrogen-bond donors (Lipinski definition) is 1. The van der Waals surface area contributed by atoms with E-state index in [1.165, 1.54) is 18.5 Å². The molecule has 17 heavy (non-hydrogen) atoms. The Morgan fingerprint density at radius 3 is 2.88 bits per heavy atom. The minimum Gasteiger partial charge on any atom is -0.263 e. The van der Waals surface area contributed by atoms with E-state index in [1.807, 2.05) is 6.07 Å². The molecule has 1 rings (SSSR count). The van der Waals surface area contributed by atoms with Crippen LogP contribution in [0, 0.1) is 11.3 Å². The molecule has 1 atom stereocenters. The molecule has 0 aromatic carbocycles. The van der Waals surface area contributed by atoms with E-state index in [9.17, 15) is 8.42 Å². The van der Waals surface area contributed by atoms with Crippen molar-refractivity contribution < 1.29 is 8.42 Å². The number of nitrogens with one attached hydrogen (secondary N) is 1. The van der Waals surface area contributed by atoms with Crippen LogP contribution in [-0.2, 0) is 10.0 Å². The molecule has 0 bridgehead atoms. The van der Waals surface area contributed by atoms with Gasteiger partial charge in [-0.05, 0) is 12.5 Å². The molecule has 0 aliphatic rings. The normalized spacial score (nSPS) is 13.0. The second kappa shape index (κ2) is 5.96. The van der Waals surface area contributed by atoms with Crippen LogP contribution < -0.4 is 4.72 Å². The van der Waals surface area contributed by atoms with Gasteiger partial charge in [0.25, 0.3) is 0 Å². The highest BCUT2D eigenvalue weighted by Crippen LogP contribution is 2.19. The first kappa shape index (κ1) is 13.9. The second-order valence-corrected chi connectivity index (χ2v) is 5.48. The third-order valence-corrected chi connectivity index (χ3v) is 4.17. The quantitative estimate of drug-likeness (QED) is 0.885. The molecule has 0 fully saturated rings. The molecule has 1 unspecified atom stereocenters. The molecule has 0 aliphatic heterocycles. The van der Waals surface area contributed by atoms with Gasteiger partial charge in [-0.3, -0.25) is 4.98 Å². The molecule has 0 spiro atoms. The summed E-state index contributed by atoms with van der Waals surface area (Å²) in [6.45, 7) is 1.80. The Bertz CT molecular complexity index is 525. The van der Waals surface area contributed by atoms with Gasteiger partial charge in [0, 0.05) is 18.4 Å². The largest absolute Gasteiger partial charge is 0.263 e. The van der Waals surface area contributed by atoms with Crippen LogP contribution in [0.25, 0.3) is 0 Å². The summed E-state index contributed by atoms with van der Waals surface area (Å²) < 4.78 is 26.3. The standard InChI is InChI=1S/C10H12ClN3O2S/c1-2-8(3-5-12)14-17(15,16)10-7-13-6-4-9(10)11/h4,6-8,14H,2-3H2,1H3. The number of hydrogen-bond acceptors (Lipinski definition) is 4. The molecule has 0 aliphatic carbocycles. The summed E-state index contributed by atoms with van der Waals surface area (Å²) in [5, 5.41) is 8.68. The van der Waals surface area contributed by atoms with Crippen LogP contribution in [0.4, 0.5) is 0 Å². The minimum absolute atomic E-state index is 0.0712. The fourth-order valence-electron chi connectivity index (χ4n) is 1.22.